The van der Waals surface area contributed by atoms with E-state index in [4.69, 9.17) is 0 Å². The number of anilines is 1. The topological polar surface area (TPSA) is 15.3 Å². The molecule has 2 aromatic carbocycles. The van der Waals surface area contributed by atoms with Gasteiger partial charge in [-0.3, -0.25) is 0 Å². The molecule has 1 fully saturated rings. The van der Waals surface area contributed by atoms with Crippen LogP contribution in [0.3, 0.4) is 0 Å². The number of fused-ring (bicyclic) bond motifs is 1. The van der Waals surface area contributed by atoms with Crippen LogP contribution in [0.25, 0.3) is 0 Å². The average Bonchev–Trinajstić information content (AvgIpc) is 2.97. The number of nitrogens with one attached hydrogen (secondary N) is 1. The third-order valence-corrected chi connectivity index (χ3v) is 5.44. The summed E-state index contributed by atoms with van der Waals surface area (Å²) in [4.78, 5) is 2.36. The number of hydrogen-bond donors (Lipinski definition) is 1. The molecule has 1 N–H and O–H groups in total. The Labute approximate surface area is 143 Å². The van der Waals surface area contributed by atoms with Crippen LogP contribution in [0.5, 0.6) is 0 Å². The van der Waals surface area contributed by atoms with Crippen LogP contribution in [-0.4, -0.2) is 19.1 Å². The first-order valence-electron chi connectivity index (χ1n) is 9.14. The van der Waals surface area contributed by atoms with Crippen molar-refractivity contribution in [2.24, 2.45) is 0 Å². The van der Waals surface area contributed by atoms with Crippen molar-refractivity contribution >= 4 is 5.69 Å². The highest BCUT2D eigenvalue weighted by Gasteiger charge is 2.27. The molecule has 0 radical (unpaired) electrons. The summed E-state index contributed by atoms with van der Waals surface area (Å²) in [5.74, 6) is -0.164. The second kappa shape index (κ2) is 6.94. The molecule has 24 heavy (non-hydrogen) atoms. The molecule has 0 aromatic heterocycles. The van der Waals surface area contributed by atoms with Crippen molar-refractivity contribution in [1.29, 1.82) is 0 Å². The van der Waals surface area contributed by atoms with Crippen molar-refractivity contribution in [2.75, 3.05) is 18.0 Å². The number of halogens is 1. The second-order valence-electron chi connectivity index (χ2n) is 7.07. The summed E-state index contributed by atoms with van der Waals surface area (Å²) in [7, 11) is 0. The molecule has 1 heterocycles. The van der Waals surface area contributed by atoms with Gasteiger partial charge in [0.05, 0.1) is 0 Å². The predicted octanol–water partition coefficient (Wildman–Crippen LogP) is 4.46. The fraction of sp³-hybridized carbons (Fsp3) is 0.429. The van der Waals surface area contributed by atoms with Crippen LogP contribution >= 0.6 is 0 Å². The zero-order valence-electron chi connectivity index (χ0n) is 14.0. The first-order chi connectivity index (χ1) is 11.8. The van der Waals surface area contributed by atoms with E-state index in [9.17, 15) is 4.39 Å². The molecule has 1 aliphatic carbocycles. The van der Waals surface area contributed by atoms with E-state index in [1.165, 1.54) is 36.8 Å². The third-order valence-electron chi connectivity index (χ3n) is 5.44. The molecule has 2 atom stereocenters. The van der Waals surface area contributed by atoms with E-state index in [0.717, 1.165) is 25.2 Å². The molecule has 3 heteroatoms. The van der Waals surface area contributed by atoms with Gasteiger partial charge in [0.1, 0.15) is 5.82 Å². The van der Waals surface area contributed by atoms with E-state index < -0.39 is 0 Å². The quantitative estimate of drug-likeness (QED) is 0.839. The minimum absolute atomic E-state index is 0.164. The third kappa shape index (κ3) is 3.32. The van der Waals surface area contributed by atoms with Crippen LogP contribution in [0, 0.1) is 5.82 Å². The molecule has 2 nitrogen and oxygen atoms in total. The molecule has 0 amide bonds. The van der Waals surface area contributed by atoms with Gasteiger partial charge in [-0.2, -0.15) is 0 Å². The Hall–Kier alpha value is -1.87. The zero-order valence-corrected chi connectivity index (χ0v) is 14.0. The molecule has 0 bridgehead atoms. The van der Waals surface area contributed by atoms with E-state index >= 15 is 0 Å². The summed E-state index contributed by atoms with van der Waals surface area (Å²) in [6.07, 6.45) is 6.17. The monoisotopic (exact) mass is 324 g/mol. The standard InChI is InChI=1S/C21H25FN2/c22-17-9-11-19(12-10-17)24-14-13-18(15-24)23-21-8-4-2-6-16-5-1-3-7-20(16)21/h1,3,5,7,9-12,18,21,23H,2,4,6,8,13-15H2. The lowest BCUT2D eigenvalue weighted by atomic mass is 9.98. The molecule has 1 saturated heterocycles. The molecule has 0 saturated carbocycles. The van der Waals surface area contributed by atoms with Crippen LogP contribution in [0.1, 0.15) is 42.9 Å². The summed E-state index contributed by atoms with van der Waals surface area (Å²) < 4.78 is 13.1. The second-order valence-corrected chi connectivity index (χ2v) is 7.07. The first-order valence-corrected chi connectivity index (χ1v) is 9.14. The van der Waals surface area contributed by atoms with Crippen LogP contribution in [0.2, 0.25) is 0 Å². The highest BCUT2D eigenvalue weighted by atomic mass is 19.1. The van der Waals surface area contributed by atoms with Gasteiger partial charge >= 0.3 is 0 Å². The number of hydrogen-bond acceptors (Lipinski definition) is 2. The van der Waals surface area contributed by atoms with Crippen molar-refractivity contribution in [3.05, 3.63) is 65.5 Å². The van der Waals surface area contributed by atoms with Crippen LogP contribution in [-0.2, 0) is 6.42 Å². The van der Waals surface area contributed by atoms with Crippen molar-refractivity contribution in [2.45, 2.75) is 44.2 Å². The normalized spacial score (nSPS) is 23.8. The van der Waals surface area contributed by atoms with Gasteiger partial charge < -0.3 is 10.2 Å². The number of rotatable bonds is 3. The van der Waals surface area contributed by atoms with E-state index in [2.05, 4.69) is 34.5 Å². The lowest BCUT2D eigenvalue weighted by Crippen LogP contribution is -2.35. The lowest BCUT2D eigenvalue weighted by Gasteiger charge is -2.24. The maximum absolute atomic E-state index is 13.1. The van der Waals surface area contributed by atoms with Crippen molar-refractivity contribution in [1.82, 2.24) is 5.32 Å². The van der Waals surface area contributed by atoms with Crippen molar-refractivity contribution in [3.63, 3.8) is 0 Å². The molecule has 0 spiro atoms. The Morgan fingerprint density at radius 1 is 0.958 bits per heavy atom. The highest BCUT2D eigenvalue weighted by Crippen LogP contribution is 2.30. The van der Waals surface area contributed by atoms with Crippen molar-refractivity contribution in [3.8, 4) is 0 Å². The number of aryl methyl sites for hydroxylation is 1. The minimum atomic E-state index is -0.164. The summed E-state index contributed by atoms with van der Waals surface area (Å²) >= 11 is 0. The molecular weight excluding hydrogens is 299 g/mol. The van der Waals surface area contributed by atoms with Gasteiger partial charge in [0.2, 0.25) is 0 Å². The predicted molar refractivity (Wildman–Crippen MR) is 96.9 cm³/mol. The van der Waals surface area contributed by atoms with E-state index in [1.807, 2.05) is 12.1 Å². The average molecular weight is 324 g/mol. The van der Waals surface area contributed by atoms with Crippen LogP contribution < -0.4 is 10.2 Å². The zero-order chi connectivity index (χ0) is 16.4. The summed E-state index contributed by atoms with van der Waals surface area (Å²) in [5, 5.41) is 3.91. The molecule has 1 aliphatic heterocycles. The summed E-state index contributed by atoms with van der Waals surface area (Å²) in [5.41, 5.74) is 4.14. The lowest BCUT2D eigenvalue weighted by molar-refractivity contribution is 0.430. The Morgan fingerprint density at radius 2 is 1.79 bits per heavy atom. The number of benzene rings is 2. The van der Waals surface area contributed by atoms with Gasteiger partial charge in [0.25, 0.3) is 0 Å². The summed E-state index contributed by atoms with van der Waals surface area (Å²) in [6, 6.07) is 16.8. The Kier molecular flexibility index (Phi) is 4.52. The smallest absolute Gasteiger partial charge is 0.123 e. The Balaban J connectivity index is 1.44. The highest BCUT2D eigenvalue weighted by molar-refractivity contribution is 5.47. The van der Waals surface area contributed by atoms with E-state index in [1.54, 1.807) is 12.1 Å². The Bertz CT molecular complexity index is 682. The van der Waals surface area contributed by atoms with Gasteiger partial charge in [-0.05, 0) is 61.1 Å². The Morgan fingerprint density at radius 3 is 2.67 bits per heavy atom. The fourth-order valence-electron chi connectivity index (χ4n) is 4.16. The van der Waals surface area contributed by atoms with Crippen LogP contribution in [0.4, 0.5) is 10.1 Å². The van der Waals surface area contributed by atoms with Crippen LogP contribution in [0.15, 0.2) is 48.5 Å². The van der Waals surface area contributed by atoms with E-state index in [-0.39, 0.29) is 5.82 Å². The molecular formula is C21H25FN2. The molecule has 126 valence electrons. The van der Waals surface area contributed by atoms with E-state index in [0.29, 0.717) is 12.1 Å². The molecule has 2 unspecified atom stereocenters. The van der Waals surface area contributed by atoms with Crippen molar-refractivity contribution < 1.29 is 4.39 Å². The van der Waals surface area contributed by atoms with Gasteiger partial charge in [0.15, 0.2) is 0 Å². The van der Waals surface area contributed by atoms with Gasteiger partial charge in [-0.25, -0.2) is 4.39 Å². The maximum atomic E-state index is 13.1. The molecule has 4 rings (SSSR count). The molecule has 2 aliphatic rings. The van der Waals surface area contributed by atoms with Gasteiger partial charge in [0, 0.05) is 30.9 Å². The minimum Gasteiger partial charge on any atom is -0.370 e. The SMILES string of the molecule is Fc1ccc(N2CCC(NC3CCCCc4ccccc43)C2)cc1. The number of nitrogens with zero attached hydrogens (tertiary/aromatic N) is 1. The van der Waals surface area contributed by atoms with Gasteiger partial charge in [-0.1, -0.05) is 30.7 Å². The fourth-order valence-corrected chi connectivity index (χ4v) is 4.16. The largest absolute Gasteiger partial charge is 0.370 e. The van der Waals surface area contributed by atoms with Gasteiger partial charge in [-0.15, -0.1) is 0 Å². The summed E-state index contributed by atoms with van der Waals surface area (Å²) in [6.45, 7) is 2.04. The molecule has 2 aromatic rings. The maximum Gasteiger partial charge on any atom is 0.123 e. The first kappa shape index (κ1) is 15.6.